The number of hydrogen-bond donors (Lipinski definition) is 1. The first-order valence-electron chi connectivity index (χ1n) is 5.68. The highest BCUT2D eigenvalue weighted by atomic mass is 19.4. The van der Waals surface area contributed by atoms with Gasteiger partial charge in [-0.05, 0) is 17.0 Å². The first-order chi connectivity index (χ1) is 7.81. The quantitative estimate of drug-likeness (QED) is 0.797. The van der Waals surface area contributed by atoms with Gasteiger partial charge in [0.05, 0.1) is 5.56 Å². The van der Waals surface area contributed by atoms with E-state index in [2.05, 4.69) is 19.2 Å². The molecule has 0 bridgehead atoms. The fourth-order valence-electron chi connectivity index (χ4n) is 2.44. The molecule has 0 saturated carbocycles. The lowest BCUT2D eigenvalue weighted by atomic mass is 9.77. The lowest BCUT2D eigenvalue weighted by molar-refractivity contribution is -0.137. The van der Waals surface area contributed by atoms with Gasteiger partial charge < -0.3 is 5.32 Å². The van der Waals surface area contributed by atoms with Crippen molar-refractivity contribution in [3.8, 4) is 0 Å². The summed E-state index contributed by atoms with van der Waals surface area (Å²) < 4.78 is 37.9. The van der Waals surface area contributed by atoms with Crippen molar-refractivity contribution in [3.63, 3.8) is 0 Å². The minimum absolute atomic E-state index is 0.00419. The molecule has 1 aliphatic heterocycles. The van der Waals surface area contributed by atoms with Crippen molar-refractivity contribution in [2.45, 2.75) is 25.9 Å². The number of rotatable bonds is 1. The Morgan fingerprint density at radius 1 is 1.29 bits per heavy atom. The molecule has 1 atom stereocenters. The molecule has 1 aromatic carbocycles. The monoisotopic (exact) mass is 243 g/mol. The normalized spacial score (nSPS) is 23.9. The molecule has 0 spiro atoms. The van der Waals surface area contributed by atoms with Gasteiger partial charge in [0.1, 0.15) is 0 Å². The van der Waals surface area contributed by atoms with E-state index >= 15 is 0 Å². The summed E-state index contributed by atoms with van der Waals surface area (Å²) in [6.45, 7) is 5.75. The van der Waals surface area contributed by atoms with Gasteiger partial charge in [0.25, 0.3) is 0 Å². The van der Waals surface area contributed by atoms with Gasteiger partial charge in [-0.1, -0.05) is 32.0 Å². The van der Waals surface area contributed by atoms with E-state index in [4.69, 9.17) is 0 Å². The molecule has 0 aromatic heterocycles. The van der Waals surface area contributed by atoms with Crippen LogP contribution in [0.2, 0.25) is 0 Å². The van der Waals surface area contributed by atoms with Gasteiger partial charge in [0, 0.05) is 19.0 Å². The summed E-state index contributed by atoms with van der Waals surface area (Å²) in [7, 11) is 0. The van der Waals surface area contributed by atoms with Crippen LogP contribution in [0.4, 0.5) is 13.2 Å². The molecule has 4 heteroatoms. The van der Waals surface area contributed by atoms with Crippen LogP contribution in [-0.2, 0) is 6.18 Å². The molecule has 0 amide bonds. The Morgan fingerprint density at radius 2 is 2.00 bits per heavy atom. The molecule has 17 heavy (non-hydrogen) atoms. The van der Waals surface area contributed by atoms with Crippen LogP contribution in [0.15, 0.2) is 24.3 Å². The fourth-order valence-corrected chi connectivity index (χ4v) is 2.44. The van der Waals surface area contributed by atoms with Crippen LogP contribution in [0.5, 0.6) is 0 Å². The molecular weight excluding hydrogens is 227 g/mol. The lowest BCUT2D eigenvalue weighted by Crippen LogP contribution is -2.21. The second kappa shape index (κ2) is 4.02. The first-order valence-corrected chi connectivity index (χ1v) is 5.68. The zero-order valence-electron chi connectivity index (χ0n) is 9.93. The third-order valence-corrected chi connectivity index (χ3v) is 3.49. The predicted octanol–water partition coefficient (Wildman–Crippen LogP) is 3.42. The van der Waals surface area contributed by atoms with Crippen molar-refractivity contribution < 1.29 is 13.2 Å². The van der Waals surface area contributed by atoms with Crippen LogP contribution in [-0.4, -0.2) is 13.1 Å². The molecule has 0 unspecified atom stereocenters. The highest BCUT2D eigenvalue weighted by Gasteiger charge is 2.37. The molecule has 94 valence electrons. The summed E-state index contributed by atoms with van der Waals surface area (Å²) in [6, 6.07) is 5.68. The Morgan fingerprint density at radius 3 is 2.53 bits per heavy atom. The molecule has 1 aromatic rings. The number of halogens is 3. The average Bonchev–Trinajstić information content (AvgIpc) is 2.57. The van der Waals surface area contributed by atoms with Crippen molar-refractivity contribution in [1.29, 1.82) is 0 Å². The number of alkyl halides is 3. The van der Waals surface area contributed by atoms with Gasteiger partial charge in [-0.3, -0.25) is 0 Å². The zero-order valence-corrected chi connectivity index (χ0v) is 9.93. The second-order valence-electron chi connectivity index (χ2n) is 5.30. The Hall–Kier alpha value is -1.03. The summed E-state index contributed by atoms with van der Waals surface area (Å²) in [6.07, 6.45) is -4.26. The SMILES string of the molecule is CC1(C)CNC[C@@H]1c1cccc(C(F)(F)F)c1. The maximum Gasteiger partial charge on any atom is 0.416 e. The predicted molar refractivity (Wildman–Crippen MR) is 60.8 cm³/mol. The van der Waals surface area contributed by atoms with Crippen LogP contribution in [0.1, 0.15) is 30.9 Å². The van der Waals surface area contributed by atoms with E-state index in [-0.39, 0.29) is 11.3 Å². The van der Waals surface area contributed by atoms with Gasteiger partial charge >= 0.3 is 6.18 Å². The van der Waals surface area contributed by atoms with Gasteiger partial charge in [-0.15, -0.1) is 0 Å². The van der Waals surface area contributed by atoms with Crippen molar-refractivity contribution in [2.75, 3.05) is 13.1 Å². The van der Waals surface area contributed by atoms with Gasteiger partial charge in [0.2, 0.25) is 0 Å². The highest BCUT2D eigenvalue weighted by molar-refractivity contribution is 5.30. The zero-order chi connectivity index (χ0) is 12.7. The van der Waals surface area contributed by atoms with E-state index in [0.29, 0.717) is 0 Å². The van der Waals surface area contributed by atoms with Gasteiger partial charge in [-0.25, -0.2) is 0 Å². The minimum atomic E-state index is -4.26. The number of benzene rings is 1. The molecule has 1 nitrogen and oxygen atoms in total. The van der Waals surface area contributed by atoms with Crippen molar-refractivity contribution in [3.05, 3.63) is 35.4 Å². The molecule has 1 aliphatic rings. The van der Waals surface area contributed by atoms with Gasteiger partial charge in [0.15, 0.2) is 0 Å². The smallest absolute Gasteiger partial charge is 0.316 e. The molecule has 1 saturated heterocycles. The Balaban J connectivity index is 2.34. The van der Waals surface area contributed by atoms with Crippen molar-refractivity contribution in [1.82, 2.24) is 5.32 Å². The standard InChI is InChI=1S/C13H16F3N/c1-12(2)8-17-7-11(12)9-4-3-5-10(6-9)13(14,15)16/h3-6,11,17H,7-8H2,1-2H3/t11-/m1/s1. The largest absolute Gasteiger partial charge is 0.416 e. The lowest BCUT2D eigenvalue weighted by Gasteiger charge is -2.26. The van der Waals surface area contributed by atoms with Gasteiger partial charge in [-0.2, -0.15) is 13.2 Å². The fraction of sp³-hybridized carbons (Fsp3) is 0.538. The van der Waals surface area contributed by atoms with Crippen LogP contribution < -0.4 is 5.32 Å². The van der Waals surface area contributed by atoms with E-state index in [9.17, 15) is 13.2 Å². The van der Waals surface area contributed by atoms with E-state index in [1.807, 2.05) is 0 Å². The molecule has 1 fully saturated rings. The van der Waals surface area contributed by atoms with Crippen molar-refractivity contribution >= 4 is 0 Å². The highest BCUT2D eigenvalue weighted by Crippen LogP contribution is 2.40. The second-order valence-corrected chi connectivity index (χ2v) is 5.30. The van der Waals surface area contributed by atoms with Crippen LogP contribution in [0.3, 0.4) is 0 Å². The number of hydrogen-bond acceptors (Lipinski definition) is 1. The summed E-state index contributed by atoms with van der Waals surface area (Å²) in [5, 5.41) is 3.24. The summed E-state index contributed by atoms with van der Waals surface area (Å²) in [4.78, 5) is 0. The summed E-state index contributed by atoms with van der Waals surface area (Å²) >= 11 is 0. The summed E-state index contributed by atoms with van der Waals surface area (Å²) in [5.41, 5.74) is 0.219. The van der Waals surface area contributed by atoms with E-state index in [0.717, 1.165) is 24.7 Å². The molecule has 1 N–H and O–H groups in total. The van der Waals surface area contributed by atoms with E-state index in [1.165, 1.54) is 12.1 Å². The molecular formula is C13H16F3N. The first kappa shape index (κ1) is 12.4. The van der Waals surface area contributed by atoms with Crippen molar-refractivity contribution in [2.24, 2.45) is 5.41 Å². The topological polar surface area (TPSA) is 12.0 Å². The average molecular weight is 243 g/mol. The number of nitrogens with one attached hydrogen (secondary N) is 1. The maximum atomic E-state index is 12.6. The third-order valence-electron chi connectivity index (χ3n) is 3.49. The van der Waals surface area contributed by atoms with E-state index in [1.54, 1.807) is 6.07 Å². The van der Waals surface area contributed by atoms with Crippen LogP contribution >= 0.6 is 0 Å². The molecule has 0 aliphatic carbocycles. The Kier molecular flexibility index (Phi) is 2.94. The minimum Gasteiger partial charge on any atom is -0.316 e. The molecule has 0 radical (unpaired) electrons. The maximum absolute atomic E-state index is 12.6. The van der Waals surface area contributed by atoms with Crippen LogP contribution in [0.25, 0.3) is 0 Å². The Labute approximate surface area is 99.0 Å². The molecule has 1 heterocycles. The third kappa shape index (κ3) is 2.46. The summed E-state index contributed by atoms with van der Waals surface area (Å²) in [5.74, 6) is 0.143. The Bertz CT molecular complexity index is 409. The van der Waals surface area contributed by atoms with Crippen LogP contribution in [0, 0.1) is 5.41 Å². The van der Waals surface area contributed by atoms with E-state index < -0.39 is 11.7 Å². The molecule has 2 rings (SSSR count).